The van der Waals surface area contributed by atoms with Gasteiger partial charge in [0.25, 0.3) is 5.91 Å². The van der Waals surface area contributed by atoms with Crippen LogP contribution in [0.4, 0.5) is 0 Å². The van der Waals surface area contributed by atoms with Crippen LogP contribution in [0.3, 0.4) is 0 Å². The summed E-state index contributed by atoms with van der Waals surface area (Å²) < 4.78 is 27.0. The number of nitrogens with zero attached hydrogens (tertiary/aromatic N) is 1. The molecule has 1 aliphatic heterocycles. The lowest BCUT2D eigenvalue weighted by Crippen LogP contribution is -2.36. The highest BCUT2D eigenvalue weighted by Gasteiger charge is 2.28. The van der Waals surface area contributed by atoms with E-state index in [2.05, 4.69) is 5.32 Å². The van der Waals surface area contributed by atoms with Crippen molar-refractivity contribution >= 4 is 27.5 Å². The van der Waals surface area contributed by atoms with Gasteiger partial charge in [0.1, 0.15) is 4.90 Å². The number of rotatable bonds is 5. The minimum absolute atomic E-state index is 0.0119. The Morgan fingerprint density at radius 2 is 1.96 bits per heavy atom. The van der Waals surface area contributed by atoms with E-state index < -0.39 is 10.0 Å². The normalized spacial score (nSPS) is 17.7. The van der Waals surface area contributed by atoms with Gasteiger partial charge < -0.3 is 5.32 Å². The van der Waals surface area contributed by atoms with Crippen molar-refractivity contribution in [2.75, 3.05) is 13.1 Å². The summed E-state index contributed by atoms with van der Waals surface area (Å²) >= 11 is 6.10. The fourth-order valence-electron chi connectivity index (χ4n) is 2.50. The van der Waals surface area contributed by atoms with E-state index in [1.165, 1.54) is 16.4 Å². The molecule has 0 bridgehead atoms. The van der Waals surface area contributed by atoms with Gasteiger partial charge in [0.15, 0.2) is 0 Å². The largest absolute Gasteiger partial charge is 0.350 e. The van der Waals surface area contributed by atoms with Crippen LogP contribution in [0.15, 0.2) is 23.1 Å². The topological polar surface area (TPSA) is 66.5 Å². The van der Waals surface area contributed by atoms with Crippen molar-refractivity contribution in [2.24, 2.45) is 0 Å². The molecule has 1 aromatic carbocycles. The Kier molecular flexibility index (Phi) is 6.06. The van der Waals surface area contributed by atoms with Gasteiger partial charge in [-0.3, -0.25) is 4.79 Å². The van der Waals surface area contributed by atoms with Gasteiger partial charge in [-0.05, 0) is 44.4 Å². The summed E-state index contributed by atoms with van der Waals surface area (Å²) in [4.78, 5) is 12.2. The average Bonchev–Trinajstić information content (AvgIpc) is 2.55. The molecule has 1 atom stereocenters. The maximum absolute atomic E-state index is 12.8. The summed E-state index contributed by atoms with van der Waals surface area (Å²) in [7, 11) is -3.66. The summed E-state index contributed by atoms with van der Waals surface area (Å²) in [5, 5.41) is 2.98. The molecular formula is C16H23ClN2O3S. The first-order valence-corrected chi connectivity index (χ1v) is 9.78. The Bertz CT molecular complexity index is 670. The molecule has 1 saturated heterocycles. The molecule has 23 heavy (non-hydrogen) atoms. The molecule has 128 valence electrons. The second kappa shape index (κ2) is 7.64. The molecule has 0 aliphatic carbocycles. The van der Waals surface area contributed by atoms with Gasteiger partial charge >= 0.3 is 0 Å². The first-order valence-electron chi connectivity index (χ1n) is 7.97. The van der Waals surface area contributed by atoms with E-state index in [-0.39, 0.29) is 21.9 Å². The van der Waals surface area contributed by atoms with Gasteiger partial charge in [0, 0.05) is 24.7 Å². The zero-order valence-electron chi connectivity index (χ0n) is 13.5. The van der Waals surface area contributed by atoms with Gasteiger partial charge in [0.2, 0.25) is 10.0 Å². The van der Waals surface area contributed by atoms with Crippen LogP contribution in [0.5, 0.6) is 0 Å². The third-order valence-electron chi connectivity index (χ3n) is 4.12. The van der Waals surface area contributed by atoms with Gasteiger partial charge in [-0.1, -0.05) is 24.9 Å². The van der Waals surface area contributed by atoms with Crippen molar-refractivity contribution in [1.82, 2.24) is 9.62 Å². The number of benzene rings is 1. The van der Waals surface area contributed by atoms with Crippen molar-refractivity contribution in [1.29, 1.82) is 0 Å². The smallest absolute Gasteiger partial charge is 0.251 e. The summed E-state index contributed by atoms with van der Waals surface area (Å²) in [6.07, 6.45) is 3.55. The molecule has 1 heterocycles. The van der Waals surface area contributed by atoms with Crippen molar-refractivity contribution < 1.29 is 13.2 Å². The molecule has 5 nitrogen and oxygen atoms in total. The fraction of sp³-hybridized carbons (Fsp3) is 0.562. The van der Waals surface area contributed by atoms with Crippen molar-refractivity contribution in [2.45, 2.75) is 50.5 Å². The number of halogens is 1. The summed E-state index contributed by atoms with van der Waals surface area (Å²) in [5.74, 6) is -0.286. The number of carbonyl (C=O) groups excluding carboxylic acids is 1. The summed E-state index contributed by atoms with van der Waals surface area (Å²) in [5.41, 5.74) is 0.310. The van der Waals surface area contributed by atoms with Gasteiger partial charge in [-0.2, -0.15) is 4.31 Å². The molecule has 1 aromatic rings. The lowest BCUT2D eigenvalue weighted by atomic mass is 10.2. The standard InChI is InChI=1S/C16H23ClN2O3S/c1-3-12(2)18-16(20)13-7-8-14(17)15(11-13)23(21,22)19-9-5-4-6-10-19/h7-8,11-12H,3-6,9-10H2,1-2H3,(H,18,20)/t12-/m0/s1. The molecule has 0 aromatic heterocycles. The molecule has 7 heteroatoms. The van der Waals surface area contributed by atoms with E-state index in [9.17, 15) is 13.2 Å². The van der Waals surface area contributed by atoms with Gasteiger partial charge in [0.05, 0.1) is 5.02 Å². The van der Waals surface area contributed by atoms with Crippen molar-refractivity contribution in [3.63, 3.8) is 0 Å². The predicted molar refractivity (Wildman–Crippen MR) is 91.3 cm³/mol. The van der Waals surface area contributed by atoms with Crippen LogP contribution in [0.2, 0.25) is 5.02 Å². The maximum atomic E-state index is 12.8. The fourth-order valence-corrected chi connectivity index (χ4v) is 4.51. The molecule has 0 radical (unpaired) electrons. The molecule has 0 spiro atoms. The maximum Gasteiger partial charge on any atom is 0.251 e. The molecule has 1 amide bonds. The third kappa shape index (κ3) is 4.25. The number of hydrogen-bond donors (Lipinski definition) is 1. The molecule has 2 rings (SSSR count). The highest BCUT2D eigenvalue weighted by molar-refractivity contribution is 7.89. The lowest BCUT2D eigenvalue weighted by molar-refractivity contribution is 0.0939. The number of nitrogens with one attached hydrogen (secondary N) is 1. The van der Waals surface area contributed by atoms with Gasteiger partial charge in [-0.25, -0.2) is 8.42 Å². The SMILES string of the molecule is CC[C@H](C)NC(=O)c1ccc(Cl)c(S(=O)(=O)N2CCCCC2)c1. The van der Waals surface area contributed by atoms with E-state index in [1.807, 2.05) is 13.8 Å². The van der Waals surface area contributed by atoms with Crippen LogP contribution in [0, 0.1) is 0 Å². The summed E-state index contributed by atoms with van der Waals surface area (Å²) in [6, 6.07) is 4.43. The van der Waals surface area contributed by atoms with E-state index >= 15 is 0 Å². The quantitative estimate of drug-likeness (QED) is 0.879. The third-order valence-corrected chi connectivity index (χ3v) is 6.50. The van der Waals surface area contributed by atoms with Crippen LogP contribution in [-0.4, -0.2) is 37.8 Å². The minimum atomic E-state index is -3.66. The Hall–Kier alpha value is -1.11. The van der Waals surface area contributed by atoms with Crippen molar-refractivity contribution in [3.8, 4) is 0 Å². The van der Waals surface area contributed by atoms with Crippen LogP contribution < -0.4 is 5.32 Å². The van der Waals surface area contributed by atoms with E-state index in [0.29, 0.717) is 18.7 Å². The zero-order valence-corrected chi connectivity index (χ0v) is 15.1. The van der Waals surface area contributed by atoms with Crippen LogP contribution in [-0.2, 0) is 10.0 Å². The zero-order chi connectivity index (χ0) is 17.0. The van der Waals surface area contributed by atoms with Crippen LogP contribution >= 0.6 is 11.6 Å². The second-order valence-corrected chi connectivity index (χ2v) is 8.21. The Balaban J connectivity index is 2.31. The minimum Gasteiger partial charge on any atom is -0.350 e. The number of hydrogen-bond acceptors (Lipinski definition) is 3. The van der Waals surface area contributed by atoms with Gasteiger partial charge in [-0.15, -0.1) is 0 Å². The molecule has 1 aliphatic rings. The highest BCUT2D eigenvalue weighted by Crippen LogP contribution is 2.27. The average molecular weight is 359 g/mol. The number of sulfonamides is 1. The van der Waals surface area contributed by atoms with Crippen molar-refractivity contribution in [3.05, 3.63) is 28.8 Å². The molecule has 1 N–H and O–H groups in total. The number of carbonyl (C=O) groups is 1. The number of amides is 1. The molecule has 0 saturated carbocycles. The first-order chi connectivity index (χ1) is 10.9. The lowest BCUT2D eigenvalue weighted by Gasteiger charge is -2.26. The van der Waals surface area contributed by atoms with E-state index in [0.717, 1.165) is 25.7 Å². The Morgan fingerprint density at radius 3 is 2.57 bits per heavy atom. The van der Waals surface area contributed by atoms with E-state index in [1.54, 1.807) is 6.07 Å². The van der Waals surface area contributed by atoms with E-state index in [4.69, 9.17) is 11.6 Å². The first kappa shape index (κ1) is 18.2. The monoisotopic (exact) mass is 358 g/mol. The Labute approximate surface area is 143 Å². The van der Waals surface area contributed by atoms with Crippen LogP contribution in [0.25, 0.3) is 0 Å². The summed E-state index contributed by atoms with van der Waals surface area (Å²) in [6.45, 7) is 4.88. The second-order valence-electron chi connectivity index (χ2n) is 5.89. The van der Waals surface area contributed by atoms with Crippen LogP contribution in [0.1, 0.15) is 49.9 Å². The Morgan fingerprint density at radius 1 is 1.30 bits per heavy atom. The highest BCUT2D eigenvalue weighted by atomic mass is 35.5. The molecule has 1 fully saturated rings. The predicted octanol–water partition coefficient (Wildman–Crippen LogP) is 3.04. The molecule has 0 unspecified atom stereocenters. The molecular weight excluding hydrogens is 336 g/mol. The number of piperidine rings is 1.